The number of nitrogens with zero attached hydrogens (tertiary/aromatic N) is 1. The number of pyridine rings is 1. The maximum absolute atomic E-state index is 5.35. The van der Waals surface area contributed by atoms with E-state index >= 15 is 0 Å². The zero-order chi connectivity index (χ0) is 11.4. The minimum Gasteiger partial charge on any atom is -0.495 e. The van der Waals surface area contributed by atoms with Gasteiger partial charge in [0, 0.05) is 17.8 Å². The molecule has 3 nitrogen and oxygen atoms in total. The van der Waals surface area contributed by atoms with Gasteiger partial charge >= 0.3 is 0 Å². The molecule has 1 aliphatic carbocycles. The lowest BCUT2D eigenvalue weighted by Crippen LogP contribution is -2.17. The second kappa shape index (κ2) is 5.30. The topological polar surface area (TPSA) is 34.2 Å². The Morgan fingerprint density at radius 3 is 3.00 bits per heavy atom. The highest BCUT2D eigenvalue weighted by Crippen LogP contribution is 2.37. The molecular weight excluding hydrogens is 200 g/mol. The van der Waals surface area contributed by atoms with Crippen LogP contribution in [0, 0.1) is 5.92 Å². The molecule has 16 heavy (non-hydrogen) atoms. The van der Waals surface area contributed by atoms with E-state index in [1.165, 1.54) is 31.2 Å². The average Bonchev–Trinajstić information content (AvgIpc) is 3.14. The molecule has 1 atom stereocenters. The molecule has 0 aromatic carbocycles. The molecule has 1 unspecified atom stereocenters. The molecule has 1 aromatic heterocycles. The molecule has 0 saturated heterocycles. The van der Waals surface area contributed by atoms with Gasteiger partial charge in [0.05, 0.1) is 13.3 Å². The van der Waals surface area contributed by atoms with Crippen LogP contribution < -0.4 is 10.1 Å². The molecule has 1 saturated carbocycles. The summed E-state index contributed by atoms with van der Waals surface area (Å²) in [6, 6.07) is 2.44. The first-order valence-electron chi connectivity index (χ1n) is 6.00. The molecule has 1 fully saturated rings. The number of hydrogen-bond acceptors (Lipinski definition) is 3. The zero-order valence-electron chi connectivity index (χ0n) is 10.1. The number of nitrogens with one attached hydrogen (secondary N) is 1. The predicted molar refractivity (Wildman–Crippen MR) is 64.5 cm³/mol. The summed E-state index contributed by atoms with van der Waals surface area (Å²) in [5.41, 5.74) is 1.22. The first-order chi connectivity index (χ1) is 7.85. The SMILES string of the molecule is CNC(CCC1CC1)c1ccncc1OC. The number of aromatic nitrogens is 1. The van der Waals surface area contributed by atoms with E-state index in [1.807, 2.05) is 19.3 Å². The maximum Gasteiger partial charge on any atom is 0.141 e. The van der Waals surface area contributed by atoms with Gasteiger partial charge in [0.1, 0.15) is 5.75 Å². The molecule has 88 valence electrons. The third-order valence-corrected chi connectivity index (χ3v) is 3.32. The molecule has 1 heterocycles. The summed E-state index contributed by atoms with van der Waals surface area (Å²) in [7, 11) is 3.71. The fraction of sp³-hybridized carbons (Fsp3) is 0.615. The van der Waals surface area contributed by atoms with Gasteiger partial charge in [-0.25, -0.2) is 0 Å². The molecule has 1 aliphatic rings. The largest absolute Gasteiger partial charge is 0.495 e. The molecule has 1 N–H and O–H groups in total. The van der Waals surface area contributed by atoms with Gasteiger partial charge in [-0.1, -0.05) is 12.8 Å². The summed E-state index contributed by atoms with van der Waals surface area (Å²) in [6.07, 6.45) is 8.96. The van der Waals surface area contributed by atoms with Crippen LogP contribution in [0.4, 0.5) is 0 Å². The van der Waals surface area contributed by atoms with Gasteiger partial charge in [-0.3, -0.25) is 4.98 Å². The Labute approximate surface area is 97.2 Å². The summed E-state index contributed by atoms with van der Waals surface area (Å²) >= 11 is 0. The normalized spacial score (nSPS) is 17.1. The quantitative estimate of drug-likeness (QED) is 0.800. The van der Waals surface area contributed by atoms with Crippen molar-refractivity contribution in [2.45, 2.75) is 31.7 Å². The molecule has 3 heteroatoms. The Kier molecular flexibility index (Phi) is 3.78. The summed E-state index contributed by atoms with van der Waals surface area (Å²) in [4.78, 5) is 4.09. The fourth-order valence-electron chi connectivity index (χ4n) is 2.11. The van der Waals surface area contributed by atoms with Crippen LogP contribution in [0.2, 0.25) is 0 Å². The molecule has 0 amide bonds. The van der Waals surface area contributed by atoms with Crippen molar-refractivity contribution in [2.75, 3.05) is 14.2 Å². The Morgan fingerprint density at radius 2 is 2.38 bits per heavy atom. The Hall–Kier alpha value is -1.09. The van der Waals surface area contributed by atoms with Crippen LogP contribution in [0.5, 0.6) is 5.75 Å². The number of methoxy groups -OCH3 is 1. The number of ether oxygens (including phenoxy) is 1. The molecule has 2 rings (SSSR count). The highest BCUT2D eigenvalue weighted by Gasteiger charge is 2.23. The van der Waals surface area contributed by atoms with Crippen LogP contribution in [0.3, 0.4) is 0 Å². The Balaban J connectivity index is 2.04. The maximum atomic E-state index is 5.35. The highest BCUT2D eigenvalue weighted by atomic mass is 16.5. The van der Waals surface area contributed by atoms with Gasteiger partial charge in [-0.2, -0.15) is 0 Å². The number of hydrogen-bond donors (Lipinski definition) is 1. The molecule has 0 bridgehead atoms. The van der Waals surface area contributed by atoms with Gasteiger partial charge in [0.2, 0.25) is 0 Å². The first kappa shape index (κ1) is 11.4. The molecular formula is C13H20N2O. The summed E-state index contributed by atoms with van der Waals surface area (Å²) < 4.78 is 5.35. The summed E-state index contributed by atoms with van der Waals surface area (Å²) in [5, 5.41) is 3.37. The van der Waals surface area contributed by atoms with Gasteiger partial charge in [-0.15, -0.1) is 0 Å². The fourth-order valence-corrected chi connectivity index (χ4v) is 2.11. The predicted octanol–water partition coefficient (Wildman–Crippen LogP) is 2.54. The lowest BCUT2D eigenvalue weighted by atomic mass is 10.0. The van der Waals surface area contributed by atoms with Crippen LogP contribution in [-0.4, -0.2) is 19.1 Å². The monoisotopic (exact) mass is 220 g/mol. The van der Waals surface area contributed by atoms with Crippen molar-refractivity contribution in [2.24, 2.45) is 5.92 Å². The third kappa shape index (κ3) is 2.73. The van der Waals surface area contributed by atoms with Crippen molar-refractivity contribution in [3.63, 3.8) is 0 Å². The van der Waals surface area contributed by atoms with Crippen LogP contribution >= 0.6 is 0 Å². The minimum atomic E-state index is 0.388. The first-order valence-corrected chi connectivity index (χ1v) is 6.00. The summed E-state index contributed by atoms with van der Waals surface area (Å²) in [6.45, 7) is 0. The van der Waals surface area contributed by atoms with E-state index < -0.39 is 0 Å². The van der Waals surface area contributed by atoms with Crippen molar-refractivity contribution >= 4 is 0 Å². The molecule has 0 spiro atoms. The van der Waals surface area contributed by atoms with E-state index in [4.69, 9.17) is 4.74 Å². The van der Waals surface area contributed by atoms with Crippen molar-refractivity contribution in [1.82, 2.24) is 10.3 Å². The van der Waals surface area contributed by atoms with E-state index in [0.717, 1.165) is 11.7 Å². The van der Waals surface area contributed by atoms with E-state index in [-0.39, 0.29) is 0 Å². The lowest BCUT2D eigenvalue weighted by Gasteiger charge is -2.18. The minimum absolute atomic E-state index is 0.388. The van der Waals surface area contributed by atoms with Crippen molar-refractivity contribution in [1.29, 1.82) is 0 Å². The lowest BCUT2D eigenvalue weighted by molar-refractivity contribution is 0.394. The summed E-state index contributed by atoms with van der Waals surface area (Å²) in [5.74, 6) is 1.86. The average molecular weight is 220 g/mol. The second-order valence-electron chi connectivity index (χ2n) is 4.48. The van der Waals surface area contributed by atoms with Crippen molar-refractivity contribution in [3.8, 4) is 5.75 Å². The standard InChI is InChI=1S/C13H20N2O/c1-14-12(6-5-10-3-4-10)11-7-8-15-9-13(11)16-2/h7-10,12,14H,3-6H2,1-2H3. The second-order valence-corrected chi connectivity index (χ2v) is 4.48. The van der Waals surface area contributed by atoms with Crippen LogP contribution in [0.25, 0.3) is 0 Å². The third-order valence-electron chi connectivity index (χ3n) is 3.32. The van der Waals surface area contributed by atoms with E-state index in [1.54, 1.807) is 13.3 Å². The van der Waals surface area contributed by atoms with Crippen molar-refractivity contribution in [3.05, 3.63) is 24.0 Å². The van der Waals surface area contributed by atoms with Crippen LogP contribution in [0.1, 0.15) is 37.3 Å². The van der Waals surface area contributed by atoms with Gasteiger partial charge in [0.25, 0.3) is 0 Å². The molecule has 0 radical (unpaired) electrons. The van der Waals surface area contributed by atoms with Crippen LogP contribution in [0.15, 0.2) is 18.5 Å². The van der Waals surface area contributed by atoms with E-state index in [9.17, 15) is 0 Å². The van der Waals surface area contributed by atoms with Crippen LogP contribution in [-0.2, 0) is 0 Å². The van der Waals surface area contributed by atoms with E-state index in [2.05, 4.69) is 10.3 Å². The van der Waals surface area contributed by atoms with Crippen molar-refractivity contribution < 1.29 is 4.74 Å². The zero-order valence-corrected chi connectivity index (χ0v) is 10.1. The smallest absolute Gasteiger partial charge is 0.141 e. The van der Waals surface area contributed by atoms with E-state index in [0.29, 0.717) is 6.04 Å². The Bertz CT molecular complexity index is 336. The number of rotatable bonds is 6. The Morgan fingerprint density at radius 1 is 1.56 bits per heavy atom. The van der Waals surface area contributed by atoms with Gasteiger partial charge < -0.3 is 10.1 Å². The van der Waals surface area contributed by atoms with Gasteiger partial charge in [0.15, 0.2) is 0 Å². The molecule has 0 aliphatic heterocycles. The van der Waals surface area contributed by atoms with Gasteiger partial charge in [-0.05, 0) is 31.9 Å². The highest BCUT2D eigenvalue weighted by molar-refractivity contribution is 5.32. The molecule has 1 aromatic rings.